The molecule has 2 rings (SSSR count). The van der Waals surface area contributed by atoms with Crippen LogP contribution in [0.3, 0.4) is 0 Å². The van der Waals surface area contributed by atoms with Crippen molar-refractivity contribution in [1.82, 2.24) is 9.97 Å². The molecule has 0 aromatic carbocycles. The summed E-state index contributed by atoms with van der Waals surface area (Å²) in [6.45, 7) is 2.83. The number of nitro groups is 1. The summed E-state index contributed by atoms with van der Waals surface area (Å²) in [5.74, 6) is 6.64. The van der Waals surface area contributed by atoms with E-state index in [0.29, 0.717) is 18.4 Å². The second-order valence-electron chi connectivity index (χ2n) is 4.17. The molecule has 8 heteroatoms. The van der Waals surface area contributed by atoms with Gasteiger partial charge in [0.15, 0.2) is 0 Å². The summed E-state index contributed by atoms with van der Waals surface area (Å²) in [7, 11) is 0. The SMILES string of the molecule is CC1CC1CNc1ncnc(NN)c1[N+](=O)[O-]. The molecule has 0 saturated heterocycles. The molecule has 1 aliphatic carbocycles. The van der Waals surface area contributed by atoms with Gasteiger partial charge in [0.25, 0.3) is 0 Å². The minimum atomic E-state index is -0.548. The number of hydrogen-bond donors (Lipinski definition) is 3. The number of hydrogen-bond acceptors (Lipinski definition) is 7. The van der Waals surface area contributed by atoms with E-state index in [0.717, 1.165) is 6.42 Å². The zero-order valence-electron chi connectivity index (χ0n) is 9.38. The quantitative estimate of drug-likeness (QED) is 0.393. The van der Waals surface area contributed by atoms with E-state index in [2.05, 4.69) is 27.6 Å². The van der Waals surface area contributed by atoms with E-state index in [-0.39, 0.29) is 17.3 Å². The van der Waals surface area contributed by atoms with Gasteiger partial charge in [-0.25, -0.2) is 15.8 Å². The third-order valence-electron chi connectivity index (χ3n) is 2.95. The van der Waals surface area contributed by atoms with Crippen LogP contribution in [0.1, 0.15) is 13.3 Å². The van der Waals surface area contributed by atoms with Gasteiger partial charge in [-0.2, -0.15) is 0 Å². The van der Waals surface area contributed by atoms with Crippen molar-refractivity contribution in [2.45, 2.75) is 13.3 Å². The normalized spacial score (nSPS) is 22.0. The topological polar surface area (TPSA) is 119 Å². The van der Waals surface area contributed by atoms with Gasteiger partial charge in [-0.1, -0.05) is 6.92 Å². The number of anilines is 2. The molecule has 0 radical (unpaired) electrons. The van der Waals surface area contributed by atoms with Crippen LogP contribution >= 0.6 is 0 Å². The minimum Gasteiger partial charge on any atom is -0.364 e. The summed E-state index contributed by atoms with van der Waals surface area (Å²) in [6.07, 6.45) is 2.38. The summed E-state index contributed by atoms with van der Waals surface area (Å²) < 4.78 is 0. The maximum Gasteiger partial charge on any atom is 0.354 e. The van der Waals surface area contributed by atoms with Crippen LogP contribution in [0.25, 0.3) is 0 Å². The fourth-order valence-electron chi connectivity index (χ4n) is 1.70. The van der Waals surface area contributed by atoms with Crippen LogP contribution in [0.2, 0.25) is 0 Å². The first kappa shape index (κ1) is 11.5. The summed E-state index contributed by atoms with van der Waals surface area (Å²) >= 11 is 0. The average Bonchev–Trinajstić information content (AvgIpc) is 3.01. The van der Waals surface area contributed by atoms with E-state index >= 15 is 0 Å². The molecule has 17 heavy (non-hydrogen) atoms. The number of aromatic nitrogens is 2. The van der Waals surface area contributed by atoms with E-state index in [9.17, 15) is 10.1 Å². The van der Waals surface area contributed by atoms with Crippen molar-refractivity contribution in [3.8, 4) is 0 Å². The second-order valence-corrected chi connectivity index (χ2v) is 4.17. The molecule has 1 saturated carbocycles. The van der Waals surface area contributed by atoms with E-state index in [1.165, 1.54) is 6.33 Å². The molecule has 0 bridgehead atoms. The van der Waals surface area contributed by atoms with E-state index < -0.39 is 4.92 Å². The Morgan fingerprint density at radius 3 is 2.76 bits per heavy atom. The van der Waals surface area contributed by atoms with Crippen molar-refractivity contribution in [2.75, 3.05) is 17.3 Å². The van der Waals surface area contributed by atoms with Crippen LogP contribution in [0, 0.1) is 22.0 Å². The lowest BCUT2D eigenvalue weighted by Gasteiger charge is -2.07. The number of nitrogens with two attached hydrogens (primary N) is 1. The van der Waals surface area contributed by atoms with Crippen molar-refractivity contribution >= 4 is 17.3 Å². The number of rotatable bonds is 5. The third kappa shape index (κ3) is 2.41. The molecular formula is C9H14N6O2. The Hall–Kier alpha value is -1.96. The fraction of sp³-hybridized carbons (Fsp3) is 0.556. The van der Waals surface area contributed by atoms with Gasteiger partial charge in [0.1, 0.15) is 6.33 Å². The highest BCUT2D eigenvalue weighted by atomic mass is 16.6. The molecule has 1 aromatic rings. The standard InChI is InChI=1S/C9H14N6O2/c1-5-2-6(5)3-11-8-7(15(16)17)9(14-10)13-4-12-8/h4-6H,2-3,10H2,1H3,(H2,11,12,13,14). The van der Waals surface area contributed by atoms with Gasteiger partial charge in [-0.15, -0.1) is 0 Å². The predicted octanol–water partition coefficient (Wildman–Crippen LogP) is 0.738. The minimum absolute atomic E-state index is 0.0105. The monoisotopic (exact) mass is 238 g/mol. The Kier molecular flexibility index (Phi) is 3.05. The zero-order chi connectivity index (χ0) is 12.4. The average molecular weight is 238 g/mol. The smallest absolute Gasteiger partial charge is 0.354 e. The van der Waals surface area contributed by atoms with Crippen LogP contribution in [-0.2, 0) is 0 Å². The van der Waals surface area contributed by atoms with Crippen molar-refractivity contribution in [3.05, 3.63) is 16.4 Å². The van der Waals surface area contributed by atoms with Crippen molar-refractivity contribution in [3.63, 3.8) is 0 Å². The van der Waals surface area contributed by atoms with Gasteiger partial charge in [-0.05, 0) is 18.3 Å². The van der Waals surface area contributed by atoms with E-state index in [4.69, 9.17) is 5.84 Å². The largest absolute Gasteiger partial charge is 0.364 e. The van der Waals surface area contributed by atoms with Crippen LogP contribution in [0.15, 0.2) is 6.33 Å². The lowest BCUT2D eigenvalue weighted by Crippen LogP contribution is -2.14. The molecule has 1 heterocycles. The summed E-state index contributed by atoms with van der Waals surface area (Å²) in [5, 5.41) is 13.9. The highest BCUT2D eigenvalue weighted by Crippen LogP contribution is 2.38. The highest BCUT2D eigenvalue weighted by molar-refractivity contribution is 5.68. The maximum absolute atomic E-state index is 10.9. The Labute approximate surface area is 97.8 Å². The number of nitrogen functional groups attached to an aromatic ring is 1. The Morgan fingerprint density at radius 2 is 2.24 bits per heavy atom. The molecule has 1 aromatic heterocycles. The Bertz CT molecular complexity index is 437. The first-order valence-corrected chi connectivity index (χ1v) is 5.33. The molecular weight excluding hydrogens is 224 g/mol. The highest BCUT2D eigenvalue weighted by Gasteiger charge is 2.33. The number of nitrogens with zero attached hydrogens (tertiary/aromatic N) is 3. The molecule has 1 aliphatic rings. The second kappa shape index (κ2) is 4.50. The van der Waals surface area contributed by atoms with E-state index in [1.54, 1.807) is 0 Å². The molecule has 0 spiro atoms. The van der Waals surface area contributed by atoms with Gasteiger partial charge in [-0.3, -0.25) is 10.1 Å². The molecule has 1 fully saturated rings. The summed E-state index contributed by atoms with van der Waals surface area (Å²) in [4.78, 5) is 18.0. The van der Waals surface area contributed by atoms with Crippen LogP contribution < -0.4 is 16.6 Å². The maximum atomic E-state index is 10.9. The van der Waals surface area contributed by atoms with Gasteiger partial charge in [0.05, 0.1) is 4.92 Å². The Morgan fingerprint density at radius 1 is 1.59 bits per heavy atom. The predicted molar refractivity (Wildman–Crippen MR) is 62.3 cm³/mol. The molecule has 92 valence electrons. The summed E-state index contributed by atoms with van der Waals surface area (Å²) in [6, 6.07) is 0. The Balaban J connectivity index is 2.16. The molecule has 8 nitrogen and oxygen atoms in total. The van der Waals surface area contributed by atoms with Crippen LogP contribution in [-0.4, -0.2) is 21.4 Å². The summed E-state index contributed by atoms with van der Waals surface area (Å²) in [5.41, 5.74) is 1.98. The zero-order valence-corrected chi connectivity index (χ0v) is 9.38. The van der Waals surface area contributed by atoms with Crippen molar-refractivity contribution in [2.24, 2.45) is 17.7 Å². The molecule has 4 N–H and O–H groups in total. The van der Waals surface area contributed by atoms with Gasteiger partial charge in [0, 0.05) is 6.54 Å². The first-order valence-electron chi connectivity index (χ1n) is 5.33. The lowest BCUT2D eigenvalue weighted by molar-refractivity contribution is -0.383. The third-order valence-corrected chi connectivity index (χ3v) is 2.95. The van der Waals surface area contributed by atoms with Crippen molar-refractivity contribution < 1.29 is 4.92 Å². The lowest BCUT2D eigenvalue weighted by atomic mass is 10.3. The van der Waals surface area contributed by atoms with Gasteiger partial charge < -0.3 is 10.7 Å². The van der Waals surface area contributed by atoms with E-state index in [1.807, 2.05) is 0 Å². The van der Waals surface area contributed by atoms with Crippen LogP contribution in [0.5, 0.6) is 0 Å². The molecule has 0 aliphatic heterocycles. The fourth-order valence-corrected chi connectivity index (χ4v) is 1.70. The van der Waals surface area contributed by atoms with Gasteiger partial charge >= 0.3 is 5.69 Å². The van der Waals surface area contributed by atoms with Gasteiger partial charge in [0.2, 0.25) is 11.6 Å². The van der Waals surface area contributed by atoms with Crippen LogP contribution in [0.4, 0.5) is 17.3 Å². The molecule has 0 amide bonds. The van der Waals surface area contributed by atoms with Crippen molar-refractivity contribution in [1.29, 1.82) is 0 Å². The first-order chi connectivity index (χ1) is 8.13. The number of hydrazine groups is 1. The number of nitrogens with one attached hydrogen (secondary N) is 2. The molecule has 2 atom stereocenters. The molecule has 2 unspecified atom stereocenters.